The monoisotopic (exact) mass is 618 g/mol. The number of ether oxygens (including phenoxy) is 3. The molecule has 0 bridgehead atoms. The number of hydrogen-bond acceptors (Lipinski definition) is 6. The largest absolute Gasteiger partial charge is 0.463 e. The molecule has 0 aromatic heterocycles. The number of unbranched alkanes of at least 4 members (excludes halogenated alkanes) is 14. The first kappa shape index (κ1) is 40.1. The average Bonchev–Trinajstić information content (AvgIpc) is 3.77. The molecule has 6 nitrogen and oxygen atoms in total. The molecule has 0 aromatic carbocycles. The van der Waals surface area contributed by atoms with Crippen molar-refractivity contribution in [2.24, 2.45) is 0 Å². The van der Waals surface area contributed by atoms with Crippen LogP contribution in [-0.2, 0) is 23.8 Å². The molecule has 1 heterocycles. The number of carbonyl (C=O) groups excluding carboxylic acids is 2. The molecule has 44 heavy (non-hydrogen) atoms. The van der Waals surface area contributed by atoms with E-state index in [1.807, 2.05) is 0 Å². The fourth-order valence-electron chi connectivity index (χ4n) is 5.17. The molecule has 0 saturated carbocycles. The van der Waals surface area contributed by atoms with Gasteiger partial charge in [-0.25, -0.2) is 0 Å². The van der Waals surface area contributed by atoms with Gasteiger partial charge in [0.25, 0.3) is 0 Å². The maximum atomic E-state index is 11.9. The van der Waals surface area contributed by atoms with Gasteiger partial charge in [-0.15, -0.1) is 0 Å². The fourth-order valence-corrected chi connectivity index (χ4v) is 5.17. The number of rotatable bonds is 31. The van der Waals surface area contributed by atoms with Crippen molar-refractivity contribution in [3.05, 3.63) is 36.5 Å². The quantitative estimate of drug-likeness (QED) is 0.0360. The van der Waals surface area contributed by atoms with Crippen LogP contribution in [0.2, 0.25) is 0 Å². The number of hydrogen-bond donors (Lipinski definition) is 1. The Bertz CT molecular complexity index is 773. The van der Waals surface area contributed by atoms with E-state index >= 15 is 0 Å². The van der Waals surface area contributed by atoms with Gasteiger partial charge in [-0.2, -0.15) is 0 Å². The molecule has 0 amide bonds. The summed E-state index contributed by atoms with van der Waals surface area (Å²) in [5.74, 6) is -0.633. The van der Waals surface area contributed by atoms with Crippen LogP contribution in [-0.4, -0.2) is 48.6 Å². The standard InChI is InChI=1S/C38H66O6/c1-3-5-7-8-9-10-11-12-16-19-22-26-30-37(40)42-32-34(39)33-43-38(41)31-27-23-20-17-14-13-15-18-21-25-29-36-35(44-36)28-24-6-4-2/h13,15,17,20-21,25,34-36,39H,3-12,14,16,18-19,22-24,26-33H2,1-2H3/b15-13-,20-17-,25-21-/t34-,35?,36?/m1/s1. The predicted molar refractivity (Wildman–Crippen MR) is 182 cm³/mol. The van der Waals surface area contributed by atoms with Crippen LogP contribution in [0.3, 0.4) is 0 Å². The van der Waals surface area contributed by atoms with Gasteiger partial charge in [-0.05, 0) is 44.9 Å². The van der Waals surface area contributed by atoms with Gasteiger partial charge in [0.1, 0.15) is 19.3 Å². The molecule has 1 fully saturated rings. The Labute approximate surface area is 270 Å². The molecule has 6 heteroatoms. The van der Waals surface area contributed by atoms with E-state index in [2.05, 4.69) is 50.3 Å². The lowest BCUT2D eigenvalue weighted by molar-refractivity contribution is -0.152. The third-order valence-corrected chi connectivity index (χ3v) is 8.05. The van der Waals surface area contributed by atoms with Crippen LogP contribution in [0.1, 0.15) is 162 Å². The maximum absolute atomic E-state index is 11.9. The Kier molecular flexibility index (Phi) is 27.1. The van der Waals surface area contributed by atoms with Crippen molar-refractivity contribution in [2.45, 2.75) is 180 Å². The van der Waals surface area contributed by atoms with Crippen LogP contribution in [0.15, 0.2) is 36.5 Å². The van der Waals surface area contributed by atoms with Crippen LogP contribution in [0.5, 0.6) is 0 Å². The normalized spacial score (nSPS) is 17.2. The van der Waals surface area contributed by atoms with Gasteiger partial charge in [0, 0.05) is 12.8 Å². The lowest BCUT2D eigenvalue weighted by atomic mass is 10.0. The molecule has 3 atom stereocenters. The number of aliphatic hydroxyl groups is 1. The number of carbonyl (C=O) groups is 2. The molecule has 0 aromatic rings. The molecule has 1 saturated heterocycles. The lowest BCUT2D eigenvalue weighted by Crippen LogP contribution is -2.25. The Hall–Kier alpha value is -1.92. The molecule has 1 rings (SSSR count). The summed E-state index contributed by atoms with van der Waals surface area (Å²) in [5, 5.41) is 9.97. The minimum atomic E-state index is -0.985. The van der Waals surface area contributed by atoms with E-state index in [9.17, 15) is 14.7 Å². The molecular weight excluding hydrogens is 552 g/mol. The Morgan fingerprint density at radius 1 is 0.614 bits per heavy atom. The van der Waals surface area contributed by atoms with E-state index in [-0.39, 0.29) is 25.2 Å². The van der Waals surface area contributed by atoms with Gasteiger partial charge in [0.2, 0.25) is 0 Å². The van der Waals surface area contributed by atoms with Gasteiger partial charge in [-0.3, -0.25) is 9.59 Å². The zero-order valence-electron chi connectivity index (χ0n) is 28.4. The van der Waals surface area contributed by atoms with E-state index in [1.54, 1.807) is 0 Å². The van der Waals surface area contributed by atoms with E-state index < -0.39 is 6.10 Å². The van der Waals surface area contributed by atoms with Crippen LogP contribution in [0.25, 0.3) is 0 Å². The molecule has 254 valence electrons. The number of esters is 2. The number of epoxide rings is 1. The van der Waals surface area contributed by atoms with Gasteiger partial charge in [0.15, 0.2) is 0 Å². The van der Waals surface area contributed by atoms with Crippen LogP contribution >= 0.6 is 0 Å². The van der Waals surface area contributed by atoms with Crippen molar-refractivity contribution in [3.63, 3.8) is 0 Å². The smallest absolute Gasteiger partial charge is 0.305 e. The summed E-state index contributed by atoms with van der Waals surface area (Å²) in [6.45, 7) is 4.20. The lowest BCUT2D eigenvalue weighted by Gasteiger charge is -2.12. The summed E-state index contributed by atoms with van der Waals surface area (Å²) in [4.78, 5) is 23.8. The number of aliphatic hydroxyl groups excluding tert-OH is 1. The second-order valence-electron chi connectivity index (χ2n) is 12.4. The van der Waals surface area contributed by atoms with Crippen LogP contribution in [0.4, 0.5) is 0 Å². The van der Waals surface area contributed by atoms with Crippen molar-refractivity contribution in [1.29, 1.82) is 0 Å². The minimum Gasteiger partial charge on any atom is -0.463 e. The summed E-state index contributed by atoms with van der Waals surface area (Å²) < 4.78 is 16.0. The van der Waals surface area contributed by atoms with Crippen molar-refractivity contribution >= 4 is 11.9 Å². The summed E-state index contributed by atoms with van der Waals surface area (Å²) in [5.41, 5.74) is 0. The van der Waals surface area contributed by atoms with Crippen LogP contribution < -0.4 is 0 Å². The fraction of sp³-hybridized carbons (Fsp3) is 0.789. The SMILES string of the molecule is CCCCCCCCCCCCCCC(=O)OC[C@@H](O)COC(=O)CCC/C=C\C/C=C\C/C=C\CC1OC1CCCCC. The first-order chi connectivity index (χ1) is 21.6. The van der Waals surface area contributed by atoms with Crippen LogP contribution in [0, 0.1) is 0 Å². The van der Waals surface area contributed by atoms with E-state index in [0.29, 0.717) is 31.5 Å². The summed E-state index contributed by atoms with van der Waals surface area (Å²) in [7, 11) is 0. The Balaban J connectivity index is 1.87. The highest BCUT2D eigenvalue weighted by molar-refractivity contribution is 5.69. The Morgan fingerprint density at radius 2 is 1.09 bits per heavy atom. The van der Waals surface area contributed by atoms with E-state index in [0.717, 1.165) is 44.9 Å². The highest BCUT2D eigenvalue weighted by atomic mass is 16.6. The van der Waals surface area contributed by atoms with Crippen molar-refractivity contribution in [3.8, 4) is 0 Å². The predicted octanol–water partition coefficient (Wildman–Crippen LogP) is 9.88. The average molecular weight is 619 g/mol. The minimum absolute atomic E-state index is 0.134. The third-order valence-electron chi connectivity index (χ3n) is 8.05. The Morgan fingerprint density at radius 3 is 1.68 bits per heavy atom. The number of allylic oxidation sites excluding steroid dienone is 5. The first-order valence-electron chi connectivity index (χ1n) is 18.2. The molecule has 1 aliphatic heterocycles. The van der Waals surface area contributed by atoms with Crippen molar-refractivity contribution in [1.82, 2.24) is 0 Å². The zero-order valence-corrected chi connectivity index (χ0v) is 28.4. The van der Waals surface area contributed by atoms with Gasteiger partial charge < -0.3 is 19.3 Å². The molecule has 0 aliphatic carbocycles. The summed E-state index contributed by atoms with van der Waals surface area (Å²) in [6, 6.07) is 0. The van der Waals surface area contributed by atoms with Crippen molar-refractivity contribution < 1.29 is 28.9 Å². The third kappa shape index (κ3) is 26.5. The molecule has 0 spiro atoms. The molecule has 2 unspecified atom stereocenters. The van der Waals surface area contributed by atoms with E-state index in [4.69, 9.17) is 14.2 Å². The van der Waals surface area contributed by atoms with Gasteiger partial charge in [-0.1, -0.05) is 140 Å². The summed E-state index contributed by atoms with van der Waals surface area (Å²) >= 11 is 0. The molecule has 0 radical (unpaired) electrons. The van der Waals surface area contributed by atoms with Crippen molar-refractivity contribution in [2.75, 3.05) is 13.2 Å². The highest BCUT2D eigenvalue weighted by Gasteiger charge is 2.36. The second-order valence-corrected chi connectivity index (χ2v) is 12.4. The first-order valence-corrected chi connectivity index (χ1v) is 18.2. The highest BCUT2D eigenvalue weighted by Crippen LogP contribution is 2.30. The molecule has 1 N–H and O–H groups in total. The van der Waals surface area contributed by atoms with E-state index in [1.165, 1.54) is 83.5 Å². The maximum Gasteiger partial charge on any atom is 0.305 e. The topological polar surface area (TPSA) is 85.4 Å². The molecular formula is C38H66O6. The van der Waals surface area contributed by atoms with Gasteiger partial charge in [0.05, 0.1) is 12.2 Å². The summed E-state index contributed by atoms with van der Waals surface area (Å²) in [6.07, 6.45) is 38.0. The van der Waals surface area contributed by atoms with Gasteiger partial charge >= 0.3 is 11.9 Å². The zero-order chi connectivity index (χ0) is 31.9. The second kappa shape index (κ2) is 29.8. The molecule has 1 aliphatic rings.